The van der Waals surface area contributed by atoms with E-state index in [1.54, 1.807) is 0 Å². The molecule has 1 fully saturated rings. The lowest BCUT2D eigenvalue weighted by Gasteiger charge is -2.10. The molecule has 4 aromatic rings. The molecule has 6 heteroatoms. The topological polar surface area (TPSA) is 36.3 Å². The fourth-order valence-electron chi connectivity index (χ4n) is 3.50. The van der Waals surface area contributed by atoms with Gasteiger partial charge >= 0.3 is 0 Å². The molecule has 0 spiro atoms. The van der Waals surface area contributed by atoms with Crippen molar-refractivity contribution in [2.45, 2.75) is 6.29 Å². The van der Waals surface area contributed by atoms with Crippen molar-refractivity contribution in [3.8, 4) is 28.1 Å². The van der Waals surface area contributed by atoms with Crippen molar-refractivity contribution in [3.05, 3.63) is 94.6 Å². The minimum absolute atomic E-state index is 0.286. The van der Waals surface area contributed by atoms with Crippen LogP contribution in [-0.2, 0) is 9.47 Å². The predicted molar refractivity (Wildman–Crippen MR) is 119 cm³/mol. The maximum atomic E-state index is 6.09. The summed E-state index contributed by atoms with van der Waals surface area (Å²) in [5, 5.41) is 6.25. The number of aromatic nitrogens is 2. The smallest absolute Gasteiger partial charge is 0.184 e. The van der Waals surface area contributed by atoms with Gasteiger partial charge < -0.3 is 9.47 Å². The van der Waals surface area contributed by atoms with Gasteiger partial charge in [-0.3, -0.25) is 0 Å². The summed E-state index contributed by atoms with van der Waals surface area (Å²) in [4.78, 5) is 0. The van der Waals surface area contributed by atoms with Crippen LogP contribution in [0.2, 0.25) is 10.0 Å². The third kappa shape index (κ3) is 3.87. The average Bonchev–Trinajstić information content (AvgIpc) is 3.46. The summed E-state index contributed by atoms with van der Waals surface area (Å²) in [5.41, 5.74) is 5.89. The first kappa shape index (κ1) is 19.3. The first-order valence-corrected chi connectivity index (χ1v) is 10.4. The third-order valence-electron chi connectivity index (χ3n) is 5.04. The number of hydrogen-bond acceptors (Lipinski definition) is 3. The Morgan fingerprint density at radius 2 is 1.30 bits per heavy atom. The Hall–Kier alpha value is -2.63. The Morgan fingerprint density at radius 1 is 0.733 bits per heavy atom. The van der Waals surface area contributed by atoms with E-state index in [0.717, 1.165) is 33.6 Å². The highest BCUT2D eigenvalue weighted by atomic mass is 35.5. The van der Waals surface area contributed by atoms with Gasteiger partial charge in [-0.1, -0.05) is 59.6 Å². The minimum atomic E-state index is -0.286. The van der Waals surface area contributed by atoms with Crippen LogP contribution < -0.4 is 0 Å². The van der Waals surface area contributed by atoms with Crippen molar-refractivity contribution < 1.29 is 9.47 Å². The Balaban J connectivity index is 1.58. The molecule has 30 heavy (non-hydrogen) atoms. The first-order chi connectivity index (χ1) is 14.7. The fourth-order valence-corrected chi connectivity index (χ4v) is 3.75. The van der Waals surface area contributed by atoms with Crippen molar-refractivity contribution in [1.82, 2.24) is 9.78 Å². The molecule has 1 aromatic heterocycles. The second-order valence-electron chi connectivity index (χ2n) is 7.01. The summed E-state index contributed by atoms with van der Waals surface area (Å²) in [6.07, 6.45) is 1.75. The summed E-state index contributed by atoms with van der Waals surface area (Å²) in [6.45, 7) is 1.25. The number of hydrogen-bond donors (Lipinski definition) is 0. The SMILES string of the molecule is Clc1ccc(-c2nn(-c3ccc(Cl)cc3)cc2-c2ccc(C3OCCO3)cc2)cc1. The summed E-state index contributed by atoms with van der Waals surface area (Å²) in [5.74, 6) is 0. The number of ether oxygens (including phenoxy) is 2. The second-order valence-corrected chi connectivity index (χ2v) is 7.89. The zero-order chi connectivity index (χ0) is 20.5. The van der Waals surface area contributed by atoms with E-state index in [9.17, 15) is 0 Å². The van der Waals surface area contributed by atoms with Gasteiger partial charge in [0, 0.05) is 32.9 Å². The van der Waals surface area contributed by atoms with Crippen LogP contribution >= 0.6 is 23.2 Å². The van der Waals surface area contributed by atoms with E-state index in [1.807, 2.05) is 71.5 Å². The molecule has 3 aromatic carbocycles. The highest BCUT2D eigenvalue weighted by Crippen LogP contribution is 2.34. The van der Waals surface area contributed by atoms with Gasteiger partial charge in [-0.15, -0.1) is 0 Å². The number of nitrogens with zero attached hydrogens (tertiary/aromatic N) is 2. The van der Waals surface area contributed by atoms with Crippen molar-refractivity contribution in [2.24, 2.45) is 0 Å². The Bertz CT molecular complexity index is 1150. The van der Waals surface area contributed by atoms with E-state index in [1.165, 1.54) is 0 Å². The fraction of sp³-hybridized carbons (Fsp3) is 0.125. The molecule has 5 rings (SSSR count). The summed E-state index contributed by atoms with van der Waals surface area (Å²) in [6, 6.07) is 23.5. The Morgan fingerprint density at radius 3 is 1.93 bits per heavy atom. The van der Waals surface area contributed by atoms with Gasteiger partial charge in [0.05, 0.1) is 18.9 Å². The molecular formula is C24H18Cl2N2O2. The Kier molecular flexibility index (Phi) is 5.32. The molecule has 0 unspecified atom stereocenters. The number of benzene rings is 3. The lowest BCUT2D eigenvalue weighted by Crippen LogP contribution is -1.97. The van der Waals surface area contributed by atoms with E-state index < -0.39 is 0 Å². The molecule has 0 saturated carbocycles. The number of halogens is 2. The van der Waals surface area contributed by atoms with Crippen LogP contribution in [0, 0.1) is 0 Å². The molecule has 1 aliphatic heterocycles. The number of rotatable bonds is 4. The van der Waals surface area contributed by atoms with Crippen LogP contribution in [0.3, 0.4) is 0 Å². The van der Waals surface area contributed by atoms with E-state index in [4.69, 9.17) is 37.8 Å². The summed E-state index contributed by atoms with van der Waals surface area (Å²) >= 11 is 12.1. The van der Waals surface area contributed by atoms with Gasteiger partial charge in [-0.05, 0) is 42.0 Å². The highest BCUT2D eigenvalue weighted by Gasteiger charge is 2.19. The molecular weight excluding hydrogens is 419 g/mol. The summed E-state index contributed by atoms with van der Waals surface area (Å²) in [7, 11) is 0. The zero-order valence-electron chi connectivity index (χ0n) is 16.0. The molecule has 1 saturated heterocycles. The van der Waals surface area contributed by atoms with E-state index in [2.05, 4.69) is 12.1 Å². The summed E-state index contributed by atoms with van der Waals surface area (Å²) < 4.78 is 13.1. The van der Waals surface area contributed by atoms with E-state index in [0.29, 0.717) is 23.3 Å². The van der Waals surface area contributed by atoms with Crippen LogP contribution in [0.5, 0.6) is 0 Å². The molecule has 0 radical (unpaired) electrons. The monoisotopic (exact) mass is 436 g/mol. The van der Waals surface area contributed by atoms with Gasteiger partial charge in [-0.2, -0.15) is 5.10 Å². The second kappa shape index (κ2) is 8.25. The van der Waals surface area contributed by atoms with Crippen LogP contribution in [0.15, 0.2) is 79.0 Å². The first-order valence-electron chi connectivity index (χ1n) is 9.62. The van der Waals surface area contributed by atoms with Gasteiger partial charge in [0.1, 0.15) is 5.69 Å². The molecule has 0 atom stereocenters. The minimum Gasteiger partial charge on any atom is -0.346 e. The van der Waals surface area contributed by atoms with Crippen LogP contribution in [-0.4, -0.2) is 23.0 Å². The molecule has 1 aliphatic rings. The van der Waals surface area contributed by atoms with Crippen LogP contribution in [0.25, 0.3) is 28.1 Å². The molecule has 0 bridgehead atoms. The third-order valence-corrected chi connectivity index (χ3v) is 5.54. The van der Waals surface area contributed by atoms with Gasteiger partial charge in [-0.25, -0.2) is 4.68 Å². The van der Waals surface area contributed by atoms with Gasteiger partial charge in [0.15, 0.2) is 6.29 Å². The lowest BCUT2D eigenvalue weighted by atomic mass is 10.0. The molecule has 0 amide bonds. The molecule has 0 aliphatic carbocycles. The van der Waals surface area contributed by atoms with Gasteiger partial charge in [0.25, 0.3) is 0 Å². The standard InChI is InChI=1S/C24H18Cl2N2O2/c25-19-7-5-17(6-8-19)23-22(15-28(27-23)21-11-9-20(26)10-12-21)16-1-3-18(4-2-16)24-29-13-14-30-24/h1-12,15,24H,13-14H2. The molecule has 4 nitrogen and oxygen atoms in total. The molecule has 150 valence electrons. The van der Waals surface area contributed by atoms with Crippen molar-refractivity contribution in [3.63, 3.8) is 0 Å². The zero-order valence-corrected chi connectivity index (χ0v) is 17.5. The van der Waals surface area contributed by atoms with Crippen LogP contribution in [0.1, 0.15) is 11.9 Å². The quantitative estimate of drug-likeness (QED) is 0.363. The van der Waals surface area contributed by atoms with E-state index >= 15 is 0 Å². The van der Waals surface area contributed by atoms with Crippen LogP contribution in [0.4, 0.5) is 0 Å². The average molecular weight is 437 g/mol. The molecule has 2 heterocycles. The van der Waals surface area contributed by atoms with Crippen molar-refractivity contribution in [2.75, 3.05) is 13.2 Å². The maximum absolute atomic E-state index is 6.09. The van der Waals surface area contributed by atoms with Crippen molar-refractivity contribution >= 4 is 23.2 Å². The highest BCUT2D eigenvalue weighted by molar-refractivity contribution is 6.30. The largest absolute Gasteiger partial charge is 0.346 e. The lowest BCUT2D eigenvalue weighted by molar-refractivity contribution is -0.0441. The molecule has 0 N–H and O–H groups in total. The Labute approximate surface area is 184 Å². The maximum Gasteiger partial charge on any atom is 0.184 e. The van der Waals surface area contributed by atoms with Crippen molar-refractivity contribution in [1.29, 1.82) is 0 Å². The normalized spacial score (nSPS) is 14.3. The van der Waals surface area contributed by atoms with Gasteiger partial charge in [0.2, 0.25) is 0 Å². The van der Waals surface area contributed by atoms with E-state index in [-0.39, 0.29) is 6.29 Å². The predicted octanol–water partition coefficient (Wildman–Crippen LogP) is 6.56.